The Balaban J connectivity index is 1.54. The fourth-order valence-electron chi connectivity index (χ4n) is 4.52. The van der Waals surface area contributed by atoms with Crippen LogP contribution in [-0.2, 0) is 27.5 Å². The maximum atomic E-state index is 14.2. The zero-order chi connectivity index (χ0) is 20.1. The predicted molar refractivity (Wildman–Crippen MR) is 92.7 cm³/mol. The van der Waals surface area contributed by atoms with Gasteiger partial charge in [0.15, 0.2) is 0 Å². The largest absolute Gasteiger partial charge is 0.333 e. The second-order valence-corrected chi connectivity index (χ2v) is 7.96. The highest BCUT2D eigenvalue weighted by Crippen LogP contribution is 2.43. The van der Waals surface area contributed by atoms with Gasteiger partial charge in [0.1, 0.15) is 11.7 Å². The minimum absolute atomic E-state index is 0.110. The van der Waals surface area contributed by atoms with Crippen molar-refractivity contribution in [2.24, 2.45) is 5.92 Å². The van der Waals surface area contributed by atoms with Crippen molar-refractivity contribution in [3.63, 3.8) is 0 Å². The molecule has 0 spiro atoms. The number of hydrogen-bond acceptors (Lipinski definition) is 3. The lowest BCUT2D eigenvalue weighted by molar-refractivity contribution is -0.146. The molecule has 0 aromatic heterocycles. The van der Waals surface area contributed by atoms with E-state index < -0.39 is 29.5 Å². The summed E-state index contributed by atoms with van der Waals surface area (Å²) in [6.07, 6.45) is 0.395. The number of nitrogens with one attached hydrogen (secondary N) is 1. The van der Waals surface area contributed by atoms with Crippen molar-refractivity contribution < 1.29 is 27.6 Å². The molecule has 1 N–H and O–H groups in total. The summed E-state index contributed by atoms with van der Waals surface area (Å²) in [6, 6.07) is 2.76. The molecule has 1 saturated carbocycles. The molecule has 1 atom stereocenters. The summed E-state index contributed by atoms with van der Waals surface area (Å²) in [5.41, 5.74) is 2.16. The quantitative estimate of drug-likeness (QED) is 0.620. The number of carbonyl (C=O) groups excluding carboxylic acids is 3. The average molecular weight is 394 g/mol. The third-order valence-corrected chi connectivity index (χ3v) is 6.06. The van der Waals surface area contributed by atoms with Crippen LogP contribution in [0.5, 0.6) is 0 Å². The van der Waals surface area contributed by atoms with Gasteiger partial charge in [0.05, 0.1) is 0 Å². The third-order valence-electron chi connectivity index (χ3n) is 6.06. The van der Waals surface area contributed by atoms with Gasteiger partial charge >= 0.3 is 0 Å². The highest BCUT2D eigenvalue weighted by molar-refractivity contribution is 6.08. The van der Waals surface area contributed by atoms with E-state index in [0.717, 1.165) is 5.56 Å². The third kappa shape index (κ3) is 3.52. The molecular weight excluding hydrogens is 373 g/mol. The number of piperidine rings is 1. The van der Waals surface area contributed by atoms with Crippen molar-refractivity contribution in [3.8, 4) is 0 Å². The van der Waals surface area contributed by atoms with E-state index in [1.54, 1.807) is 0 Å². The molecule has 1 unspecified atom stereocenters. The molecule has 3 amide bonds. The molecule has 1 aliphatic carbocycles. The molecule has 150 valence electrons. The number of amides is 3. The van der Waals surface area contributed by atoms with Crippen LogP contribution in [0, 0.1) is 11.7 Å². The van der Waals surface area contributed by atoms with E-state index in [1.165, 1.54) is 17.0 Å². The Hall–Kier alpha value is -2.38. The summed E-state index contributed by atoms with van der Waals surface area (Å²) in [5.74, 6) is -5.57. The van der Waals surface area contributed by atoms with Gasteiger partial charge in [0.25, 0.3) is 0 Å². The first-order chi connectivity index (χ1) is 13.2. The van der Waals surface area contributed by atoms with Crippen LogP contribution in [0.1, 0.15) is 61.1 Å². The summed E-state index contributed by atoms with van der Waals surface area (Å²) in [6.45, 7) is 0.411. The molecule has 5 nitrogen and oxygen atoms in total. The van der Waals surface area contributed by atoms with Crippen LogP contribution in [0.4, 0.5) is 13.2 Å². The molecule has 2 heterocycles. The van der Waals surface area contributed by atoms with Crippen LogP contribution in [0.2, 0.25) is 0 Å². The summed E-state index contributed by atoms with van der Waals surface area (Å²) in [7, 11) is 0. The van der Waals surface area contributed by atoms with Crippen molar-refractivity contribution in [2.45, 2.75) is 63.5 Å². The van der Waals surface area contributed by atoms with Gasteiger partial charge in [-0.3, -0.25) is 19.7 Å². The van der Waals surface area contributed by atoms with Gasteiger partial charge in [-0.1, -0.05) is 0 Å². The van der Waals surface area contributed by atoms with Gasteiger partial charge in [-0.05, 0) is 54.0 Å². The number of nitrogens with zero attached hydrogens (tertiary/aromatic N) is 1. The maximum Gasteiger partial charge on any atom is 0.248 e. The predicted octanol–water partition coefficient (Wildman–Crippen LogP) is 3.01. The maximum absolute atomic E-state index is 14.2. The Kier molecular flexibility index (Phi) is 4.67. The Morgan fingerprint density at radius 2 is 1.82 bits per heavy atom. The van der Waals surface area contributed by atoms with Gasteiger partial charge in [-0.2, -0.15) is 0 Å². The second kappa shape index (κ2) is 6.90. The molecule has 4 rings (SSSR count). The zero-order valence-electron chi connectivity index (χ0n) is 15.3. The van der Waals surface area contributed by atoms with Gasteiger partial charge in [0, 0.05) is 32.4 Å². The van der Waals surface area contributed by atoms with E-state index in [9.17, 15) is 27.6 Å². The van der Waals surface area contributed by atoms with E-state index in [1.807, 2.05) is 0 Å². The number of rotatable bonds is 2. The first-order valence-corrected chi connectivity index (χ1v) is 9.55. The van der Waals surface area contributed by atoms with Crippen molar-refractivity contribution in [3.05, 3.63) is 34.6 Å². The normalized spacial score (nSPS) is 24.8. The van der Waals surface area contributed by atoms with Crippen molar-refractivity contribution in [1.82, 2.24) is 10.2 Å². The highest BCUT2D eigenvalue weighted by Gasteiger charge is 2.40. The Labute approximate surface area is 160 Å². The van der Waals surface area contributed by atoms with E-state index in [4.69, 9.17) is 0 Å². The molecule has 2 fully saturated rings. The molecule has 3 aliphatic rings. The molecule has 0 bridgehead atoms. The fourth-order valence-corrected chi connectivity index (χ4v) is 4.52. The van der Waals surface area contributed by atoms with Crippen LogP contribution in [-0.4, -0.2) is 28.5 Å². The summed E-state index contributed by atoms with van der Waals surface area (Å²) in [5, 5.41) is 2.18. The monoisotopic (exact) mass is 394 g/mol. The van der Waals surface area contributed by atoms with E-state index in [2.05, 4.69) is 5.32 Å². The van der Waals surface area contributed by atoms with Gasteiger partial charge in [-0.15, -0.1) is 0 Å². The highest BCUT2D eigenvalue weighted by atomic mass is 19.3. The van der Waals surface area contributed by atoms with Crippen LogP contribution in [0.3, 0.4) is 0 Å². The zero-order valence-corrected chi connectivity index (χ0v) is 15.3. The minimum Gasteiger partial charge on any atom is -0.333 e. The molecule has 2 aliphatic heterocycles. The Morgan fingerprint density at radius 3 is 2.50 bits per heavy atom. The van der Waals surface area contributed by atoms with Crippen LogP contribution in [0.15, 0.2) is 12.1 Å². The molecule has 1 aromatic rings. The standard InChI is InChI=1S/C20H21F3N2O3/c21-13-7-12-9-25(19(28)14-1-2-17(26)24-18(14)27)10-16(12)15(8-13)11-3-5-20(22,23)6-4-11/h7-8,11,14H,1-6,9-10H2,(H,24,26,27). The van der Waals surface area contributed by atoms with Crippen molar-refractivity contribution >= 4 is 17.7 Å². The van der Waals surface area contributed by atoms with Crippen molar-refractivity contribution in [2.75, 3.05) is 0 Å². The number of alkyl halides is 2. The molecule has 8 heteroatoms. The fraction of sp³-hybridized carbons (Fsp3) is 0.550. The molecule has 28 heavy (non-hydrogen) atoms. The van der Waals surface area contributed by atoms with E-state index in [0.29, 0.717) is 11.1 Å². The number of carbonyl (C=O) groups is 3. The summed E-state index contributed by atoms with van der Waals surface area (Å²) < 4.78 is 41.2. The SMILES string of the molecule is O=C1CCC(C(=O)N2Cc3cc(F)cc(C4CCC(F)(F)CC4)c3C2)C(=O)N1. The lowest BCUT2D eigenvalue weighted by atomic mass is 9.80. The van der Waals surface area contributed by atoms with Gasteiger partial charge < -0.3 is 4.90 Å². The van der Waals surface area contributed by atoms with E-state index >= 15 is 0 Å². The summed E-state index contributed by atoms with van der Waals surface area (Å²) >= 11 is 0. The first-order valence-electron chi connectivity index (χ1n) is 9.55. The molecule has 1 aromatic carbocycles. The molecular formula is C20H21F3N2O3. The number of halogens is 3. The van der Waals surface area contributed by atoms with Crippen molar-refractivity contribution in [1.29, 1.82) is 0 Å². The number of hydrogen-bond donors (Lipinski definition) is 1. The second-order valence-electron chi connectivity index (χ2n) is 7.96. The van der Waals surface area contributed by atoms with E-state index in [-0.39, 0.29) is 63.4 Å². The lowest BCUT2D eigenvalue weighted by Gasteiger charge is -2.30. The Morgan fingerprint density at radius 1 is 1.11 bits per heavy atom. The first kappa shape index (κ1) is 19.0. The summed E-state index contributed by atoms with van der Waals surface area (Å²) in [4.78, 5) is 37.6. The molecule has 1 saturated heterocycles. The van der Waals surface area contributed by atoms with Gasteiger partial charge in [-0.25, -0.2) is 13.2 Å². The topological polar surface area (TPSA) is 66.5 Å². The van der Waals surface area contributed by atoms with Gasteiger partial charge in [0.2, 0.25) is 23.6 Å². The number of imide groups is 1. The average Bonchev–Trinajstić information content (AvgIpc) is 3.04. The smallest absolute Gasteiger partial charge is 0.248 e. The van der Waals surface area contributed by atoms with Crippen LogP contribution < -0.4 is 5.32 Å². The Bertz CT molecular complexity index is 845. The minimum atomic E-state index is -2.67. The lowest BCUT2D eigenvalue weighted by Crippen LogP contribution is -2.47. The molecule has 0 radical (unpaired) electrons. The van der Waals surface area contributed by atoms with Crippen LogP contribution in [0.25, 0.3) is 0 Å². The van der Waals surface area contributed by atoms with Crippen LogP contribution >= 0.6 is 0 Å². The number of benzene rings is 1. The number of fused-ring (bicyclic) bond motifs is 1.